The Bertz CT molecular complexity index is 355. The molecule has 1 aromatic rings. The number of ether oxygens (including phenoxy) is 2. The van der Waals surface area contributed by atoms with Gasteiger partial charge < -0.3 is 14.8 Å². The Hall–Kier alpha value is -1.62. The number of carbonyl (C=O) groups excluding carboxylic acids is 1. The van der Waals surface area contributed by atoms with Gasteiger partial charge in [-0.05, 0) is 19.1 Å². The molecule has 1 aromatic heterocycles. The van der Waals surface area contributed by atoms with Crippen molar-refractivity contribution in [2.45, 2.75) is 13.0 Å². The van der Waals surface area contributed by atoms with E-state index >= 15 is 0 Å². The van der Waals surface area contributed by atoms with E-state index in [4.69, 9.17) is 4.74 Å². The summed E-state index contributed by atoms with van der Waals surface area (Å²) in [5.74, 6) is -0.441. The lowest BCUT2D eigenvalue weighted by molar-refractivity contribution is 0.0594. The molecule has 0 aliphatic heterocycles. The number of hydrogen-bond acceptors (Lipinski definition) is 5. The van der Waals surface area contributed by atoms with E-state index in [1.807, 2.05) is 6.92 Å². The predicted octanol–water partition coefficient (Wildman–Crippen LogP) is 1.31. The molecular weight excluding hydrogens is 208 g/mol. The standard InChI is InChI=1S/C11H16N2O3/c1-8(15-2)7-13-9-4-5-12-10(6-9)11(14)16-3/h4-6,8H,7H2,1-3H3,(H,12,13). The van der Waals surface area contributed by atoms with Crippen LogP contribution in [0.2, 0.25) is 0 Å². The van der Waals surface area contributed by atoms with Crippen molar-refractivity contribution in [2.75, 3.05) is 26.1 Å². The summed E-state index contributed by atoms with van der Waals surface area (Å²) >= 11 is 0. The van der Waals surface area contributed by atoms with Gasteiger partial charge in [-0.25, -0.2) is 9.78 Å². The Labute approximate surface area is 94.8 Å². The smallest absolute Gasteiger partial charge is 0.356 e. The number of esters is 1. The summed E-state index contributed by atoms with van der Waals surface area (Å²) in [5.41, 5.74) is 1.11. The molecule has 1 N–H and O–H groups in total. The van der Waals surface area contributed by atoms with Crippen molar-refractivity contribution >= 4 is 11.7 Å². The maximum atomic E-state index is 11.2. The van der Waals surface area contributed by atoms with Crippen molar-refractivity contribution in [2.24, 2.45) is 0 Å². The molecule has 0 saturated heterocycles. The molecule has 1 rings (SSSR count). The first-order valence-electron chi connectivity index (χ1n) is 4.98. The van der Waals surface area contributed by atoms with Gasteiger partial charge in [-0.15, -0.1) is 0 Å². The van der Waals surface area contributed by atoms with Gasteiger partial charge in [0.2, 0.25) is 0 Å². The molecule has 0 aliphatic carbocycles. The topological polar surface area (TPSA) is 60.5 Å². The van der Waals surface area contributed by atoms with E-state index in [9.17, 15) is 4.79 Å². The van der Waals surface area contributed by atoms with Crippen LogP contribution in [0.25, 0.3) is 0 Å². The third-order valence-corrected chi connectivity index (χ3v) is 2.15. The SMILES string of the molecule is COC(=O)c1cc(NCC(C)OC)ccn1. The minimum Gasteiger partial charge on any atom is -0.464 e. The molecule has 0 aliphatic rings. The zero-order chi connectivity index (χ0) is 12.0. The van der Waals surface area contributed by atoms with Crippen molar-refractivity contribution < 1.29 is 14.3 Å². The first kappa shape index (κ1) is 12.4. The van der Waals surface area contributed by atoms with Crippen molar-refractivity contribution in [3.8, 4) is 0 Å². The number of pyridine rings is 1. The Kier molecular flexibility index (Phi) is 4.72. The highest BCUT2D eigenvalue weighted by Gasteiger charge is 2.07. The number of rotatable bonds is 5. The monoisotopic (exact) mass is 224 g/mol. The number of hydrogen-bond donors (Lipinski definition) is 1. The van der Waals surface area contributed by atoms with Gasteiger partial charge in [-0.1, -0.05) is 0 Å². The third-order valence-electron chi connectivity index (χ3n) is 2.15. The van der Waals surface area contributed by atoms with Crippen LogP contribution in [0.5, 0.6) is 0 Å². The van der Waals surface area contributed by atoms with E-state index in [-0.39, 0.29) is 11.8 Å². The molecule has 0 spiro atoms. The lowest BCUT2D eigenvalue weighted by atomic mass is 10.3. The van der Waals surface area contributed by atoms with Gasteiger partial charge in [-0.3, -0.25) is 0 Å². The van der Waals surface area contributed by atoms with E-state index in [1.54, 1.807) is 25.4 Å². The number of nitrogens with one attached hydrogen (secondary N) is 1. The van der Waals surface area contributed by atoms with Crippen LogP contribution in [-0.4, -0.2) is 37.8 Å². The van der Waals surface area contributed by atoms with Gasteiger partial charge in [0.15, 0.2) is 0 Å². The molecule has 0 saturated carbocycles. The average Bonchev–Trinajstić information content (AvgIpc) is 2.35. The second kappa shape index (κ2) is 6.07. The highest BCUT2D eigenvalue weighted by atomic mass is 16.5. The Morgan fingerprint density at radius 1 is 1.56 bits per heavy atom. The summed E-state index contributed by atoms with van der Waals surface area (Å²) < 4.78 is 9.69. The molecule has 1 atom stereocenters. The molecule has 0 bridgehead atoms. The second-order valence-electron chi connectivity index (χ2n) is 3.35. The minimum atomic E-state index is -0.441. The fraction of sp³-hybridized carbons (Fsp3) is 0.455. The molecule has 88 valence electrons. The number of nitrogens with zero attached hydrogens (tertiary/aromatic N) is 1. The zero-order valence-electron chi connectivity index (χ0n) is 9.69. The summed E-state index contributed by atoms with van der Waals surface area (Å²) in [6, 6.07) is 3.43. The molecule has 0 fully saturated rings. The molecule has 1 heterocycles. The predicted molar refractivity (Wildman–Crippen MR) is 60.5 cm³/mol. The van der Waals surface area contributed by atoms with Crippen LogP contribution in [-0.2, 0) is 9.47 Å². The first-order valence-corrected chi connectivity index (χ1v) is 4.98. The summed E-state index contributed by atoms with van der Waals surface area (Å²) in [6.45, 7) is 2.62. The van der Waals surface area contributed by atoms with Crippen LogP contribution in [0.15, 0.2) is 18.3 Å². The number of anilines is 1. The molecular formula is C11H16N2O3. The summed E-state index contributed by atoms with van der Waals surface area (Å²) in [4.78, 5) is 15.1. The fourth-order valence-electron chi connectivity index (χ4n) is 1.10. The minimum absolute atomic E-state index is 0.106. The summed E-state index contributed by atoms with van der Waals surface area (Å²) in [5, 5.41) is 3.14. The number of carbonyl (C=O) groups is 1. The van der Waals surface area contributed by atoms with Crippen LogP contribution < -0.4 is 5.32 Å². The highest BCUT2D eigenvalue weighted by Crippen LogP contribution is 2.09. The normalized spacial score (nSPS) is 11.9. The van der Waals surface area contributed by atoms with E-state index in [0.717, 1.165) is 5.69 Å². The summed E-state index contributed by atoms with van der Waals surface area (Å²) in [6.07, 6.45) is 1.67. The van der Waals surface area contributed by atoms with E-state index in [1.165, 1.54) is 7.11 Å². The zero-order valence-corrected chi connectivity index (χ0v) is 9.69. The van der Waals surface area contributed by atoms with Gasteiger partial charge in [0.25, 0.3) is 0 Å². The first-order chi connectivity index (χ1) is 7.67. The lowest BCUT2D eigenvalue weighted by Gasteiger charge is -2.11. The lowest BCUT2D eigenvalue weighted by Crippen LogP contribution is -2.18. The number of aromatic nitrogens is 1. The maximum absolute atomic E-state index is 11.2. The van der Waals surface area contributed by atoms with Gasteiger partial charge in [-0.2, -0.15) is 0 Å². The van der Waals surface area contributed by atoms with Gasteiger partial charge in [0, 0.05) is 25.5 Å². The molecule has 5 nitrogen and oxygen atoms in total. The van der Waals surface area contributed by atoms with Crippen molar-refractivity contribution in [3.05, 3.63) is 24.0 Å². The molecule has 1 unspecified atom stereocenters. The van der Waals surface area contributed by atoms with Crippen LogP contribution in [0.3, 0.4) is 0 Å². The maximum Gasteiger partial charge on any atom is 0.356 e. The molecule has 5 heteroatoms. The molecule has 0 aromatic carbocycles. The van der Waals surface area contributed by atoms with Crippen LogP contribution in [0.4, 0.5) is 5.69 Å². The van der Waals surface area contributed by atoms with E-state index < -0.39 is 5.97 Å². The average molecular weight is 224 g/mol. The molecule has 0 amide bonds. The second-order valence-corrected chi connectivity index (χ2v) is 3.35. The van der Waals surface area contributed by atoms with Crippen molar-refractivity contribution in [1.82, 2.24) is 4.98 Å². The van der Waals surface area contributed by atoms with Gasteiger partial charge in [0.1, 0.15) is 5.69 Å². The molecule has 0 radical (unpaired) electrons. The van der Waals surface area contributed by atoms with Crippen LogP contribution in [0, 0.1) is 0 Å². The van der Waals surface area contributed by atoms with Crippen LogP contribution >= 0.6 is 0 Å². The van der Waals surface area contributed by atoms with Gasteiger partial charge in [0.05, 0.1) is 13.2 Å². The Morgan fingerprint density at radius 3 is 2.94 bits per heavy atom. The summed E-state index contributed by atoms with van der Waals surface area (Å²) in [7, 11) is 2.98. The van der Waals surface area contributed by atoms with Crippen molar-refractivity contribution in [3.63, 3.8) is 0 Å². The molecule has 16 heavy (non-hydrogen) atoms. The Morgan fingerprint density at radius 2 is 2.31 bits per heavy atom. The fourth-order valence-corrected chi connectivity index (χ4v) is 1.10. The van der Waals surface area contributed by atoms with Crippen LogP contribution in [0.1, 0.15) is 17.4 Å². The Balaban J connectivity index is 2.64. The van der Waals surface area contributed by atoms with Gasteiger partial charge >= 0.3 is 5.97 Å². The highest BCUT2D eigenvalue weighted by molar-refractivity contribution is 5.88. The van der Waals surface area contributed by atoms with Crippen molar-refractivity contribution in [1.29, 1.82) is 0 Å². The van der Waals surface area contributed by atoms with E-state index in [0.29, 0.717) is 6.54 Å². The van der Waals surface area contributed by atoms with E-state index in [2.05, 4.69) is 15.0 Å². The quantitative estimate of drug-likeness (QED) is 0.764. The largest absolute Gasteiger partial charge is 0.464 e. The third kappa shape index (κ3) is 3.51. The number of methoxy groups -OCH3 is 2.